The number of piperidine rings is 1. The van der Waals surface area contributed by atoms with Gasteiger partial charge >= 0.3 is 0 Å². The summed E-state index contributed by atoms with van der Waals surface area (Å²) in [6.07, 6.45) is 6.84. The summed E-state index contributed by atoms with van der Waals surface area (Å²) in [5.41, 5.74) is 3.09. The fourth-order valence-corrected chi connectivity index (χ4v) is 4.55. The fourth-order valence-electron chi connectivity index (χ4n) is 4.55. The van der Waals surface area contributed by atoms with Crippen molar-refractivity contribution in [3.8, 4) is 0 Å². The molecule has 0 aliphatic carbocycles. The molecule has 3 heterocycles. The van der Waals surface area contributed by atoms with Crippen molar-refractivity contribution in [2.45, 2.75) is 38.6 Å². The van der Waals surface area contributed by atoms with Crippen LogP contribution in [0.3, 0.4) is 0 Å². The zero-order valence-electron chi connectivity index (χ0n) is 17.7. The predicted molar refractivity (Wildman–Crippen MR) is 115 cm³/mol. The number of benzene rings is 1. The lowest BCUT2D eigenvalue weighted by atomic mass is 9.95. The number of furan rings is 1. The lowest BCUT2D eigenvalue weighted by Crippen LogP contribution is -2.44. The number of nitrogens with one attached hydrogen (secondary N) is 1. The standard InChI is InChI=1S/C24H31N3O3/c1-18-4-6-19(7-5-18)22(26-11-2-3-12-26)16-25-23(28)20-8-13-27(14-9-20)24(29)21-10-15-30-17-21/h4-7,10,15,17,20,22H,2-3,8-9,11-14,16H2,1H3,(H,25,28). The summed E-state index contributed by atoms with van der Waals surface area (Å²) < 4.78 is 5.01. The summed E-state index contributed by atoms with van der Waals surface area (Å²) in [6.45, 7) is 6.12. The van der Waals surface area contributed by atoms with Gasteiger partial charge in [-0.2, -0.15) is 0 Å². The molecule has 6 heteroatoms. The number of amides is 2. The molecule has 6 nitrogen and oxygen atoms in total. The first-order valence-corrected chi connectivity index (χ1v) is 11.0. The Labute approximate surface area is 178 Å². The smallest absolute Gasteiger partial charge is 0.257 e. The number of nitrogens with zero attached hydrogens (tertiary/aromatic N) is 2. The Morgan fingerprint density at radius 2 is 1.77 bits per heavy atom. The SMILES string of the molecule is Cc1ccc(C(CNC(=O)C2CCN(C(=O)c3ccoc3)CC2)N2CCCC2)cc1. The summed E-state index contributed by atoms with van der Waals surface area (Å²) in [6, 6.07) is 10.6. The van der Waals surface area contributed by atoms with Crippen LogP contribution in [-0.2, 0) is 4.79 Å². The summed E-state index contributed by atoms with van der Waals surface area (Å²) in [7, 11) is 0. The van der Waals surface area contributed by atoms with E-state index in [9.17, 15) is 9.59 Å². The maximum absolute atomic E-state index is 12.9. The van der Waals surface area contributed by atoms with Gasteiger partial charge in [-0.3, -0.25) is 14.5 Å². The molecule has 1 aromatic carbocycles. The van der Waals surface area contributed by atoms with Crippen molar-refractivity contribution in [2.75, 3.05) is 32.7 Å². The van der Waals surface area contributed by atoms with E-state index < -0.39 is 0 Å². The molecule has 0 radical (unpaired) electrons. The van der Waals surface area contributed by atoms with Crippen LogP contribution in [0.5, 0.6) is 0 Å². The highest BCUT2D eigenvalue weighted by Gasteiger charge is 2.29. The van der Waals surface area contributed by atoms with E-state index in [1.807, 2.05) is 4.90 Å². The van der Waals surface area contributed by atoms with Gasteiger partial charge < -0.3 is 14.6 Å². The van der Waals surface area contributed by atoms with Gasteiger partial charge in [0, 0.05) is 25.6 Å². The van der Waals surface area contributed by atoms with Crippen molar-refractivity contribution in [1.29, 1.82) is 0 Å². The number of hydrogen-bond acceptors (Lipinski definition) is 4. The number of carbonyl (C=O) groups excluding carboxylic acids is 2. The number of aryl methyl sites for hydroxylation is 1. The Morgan fingerprint density at radius 3 is 2.40 bits per heavy atom. The van der Waals surface area contributed by atoms with Gasteiger partial charge in [-0.15, -0.1) is 0 Å². The maximum Gasteiger partial charge on any atom is 0.257 e. The van der Waals surface area contributed by atoms with Crippen molar-refractivity contribution in [1.82, 2.24) is 15.1 Å². The van der Waals surface area contributed by atoms with Gasteiger partial charge in [0.25, 0.3) is 5.91 Å². The van der Waals surface area contributed by atoms with Gasteiger partial charge in [-0.05, 0) is 57.3 Å². The Morgan fingerprint density at radius 1 is 1.07 bits per heavy atom. The first kappa shape index (κ1) is 20.7. The van der Waals surface area contributed by atoms with Crippen LogP contribution in [0, 0.1) is 12.8 Å². The zero-order chi connectivity index (χ0) is 20.9. The van der Waals surface area contributed by atoms with Crippen LogP contribution < -0.4 is 5.32 Å². The number of likely N-dealkylation sites (tertiary alicyclic amines) is 2. The molecule has 2 aliphatic heterocycles. The van der Waals surface area contributed by atoms with Crippen LogP contribution >= 0.6 is 0 Å². The minimum Gasteiger partial charge on any atom is -0.472 e. The number of hydrogen-bond donors (Lipinski definition) is 1. The second-order valence-electron chi connectivity index (χ2n) is 8.49. The molecule has 4 rings (SSSR count). The molecule has 2 aliphatic rings. The Kier molecular flexibility index (Phi) is 6.53. The van der Waals surface area contributed by atoms with Crippen LogP contribution in [0.15, 0.2) is 47.3 Å². The molecule has 2 aromatic rings. The second-order valence-corrected chi connectivity index (χ2v) is 8.49. The van der Waals surface area contributed by atoms with Crippen LogP contribution in [0.1, 0.15) is 53.2 Å². The summed E-state index contributed by atoms with van der Waals surface area (Å²) in [5.74, 6) is 0.0634. The molecule has 1 N–H and O–H groups in total. The van der Waals surface area contributed by atoms with E-state index in [-0.39, 0.29) is 23.8 Å². The molecule has 1 aromatic heterocycles. The topological polar surface area (TPSA) is 65.8 Å². The lowest BCUT2D eigenvalue weighted by Gasteiger charge is -2.32. The molecule has 160 valence electrons. The van der Waals surface area contributed by atoms with Crippen molar-refractivity contribution in [2.24, 2.45) is 5.92 Å². The summed E-state index contributed by atoms with van der Waals surface area (Å²) in [4.78, 5) is 29.6. The molecule has 2 saturated heterocycles. The van der Waals surface area contributed by atoms with E-state index in [4.69, 9.17) is 4.42 Å². The average Bonchev–Trinajstić information content (AvgIpc) is 3.49. The third-order valence-corrected chi connectivity index (χ3v) is 6.43. The average molecular weight is 410 g/mol. The van der Waals surface area contributed by atoms with Crippen LogP contribution in [-0.4, -0.2) is 54.3 Å². The highest BCUT2D eigenvalue weighted by atomic mass is 16.3. The minimum absolute atomic E-state index is 0.0175. The molecule has 1 atom stereocenters. The maximum atomic E-state index is 12.9. The van der Waals surface area contributed by atoms with Crippen molar-refractivity contribution >= 4 is 11.8 Å². The van der Waals surface area contributed by atoms with Crippen molar-refractivity contribution in [3.05, 3.63) is 59.5 Å². The van der Waals surface area contributed by atoms with E-state index in [0.29, 0.717) is 38.0 Å². The highest BCUT2D eigenvalue weighted by molar-refractivity contribution is 5.94. The van der Waals surface area contributed by atoms with E-state index in [1.54, 1.807) is 6.07 Å². The first-order chi connectivity index (χ1) is 14.6. The van der Waals surface area contributed by atoms with Crippen LogP contribution in [0.4, 0.5) is 0 Å². The van der Waals surface area contributed by atoms with E-state index in [0.717, 1.165) is 13.1 Å². The molecule has 0 saturated carbocycles. The molecule has 0 spiro atoms. The predicted octanol–water partition coefficient (Wildman–Crippen LogP) is 3.39. The highest BCUT2D eigenvalue weighted by Crippen LogP contribution is 2.26. The Bertz CT molecular complexity index is 833. The third kappa shape index (κ3) is 4.75. The summed E-state index contributed by atoms with van der Waals surface area (Å²) in [5, 5.41) is 3.22. The van der Waals surface area contributed by atoms with Crippen molar-refractivity contribution < 1.29 is 14.0 Å². The lowest BCUT2D eigenvalue weighted by molar-refractivity contribution is -0.126. The largest absolute Gasteiger partial charge is 0.472 e. The van der Waals surface area contributed by atoms with Gasteiger partial charge in [0.1, 0.15) is 6.26 Å². The molecule has 2 fully saturated rings. The monoisotopic (exact) mass is 409 g/mol. The quantitative estimate of drug-likeness (QED) is 0.794. The fraction of sp³-hybridized carbons (Fsp3) is 0.500. The first-order valence-electron chi connectivity index (χ1n) is 11.0. The Hall–Kier alpha value is -2.60. The molecular weight excluding hydrogens is 378 g/mol. The Balaban J connectivity index is 1.31. The molecule has 1 unspecified atom stereocenters. The van der Waals surface area contributed by atoms with Crippen molar-refractivity contribution in [3.63, 3.8) is 0 Å². The minimum atomic E-state index is -0.0318. The van der Waals surface area contributed by atoms with Gasteiger partial charge in [0.15, 0.2) is 0 Å². The molecular formula is C24H31N3O3. The normalized spacial score (nSPS) is 19.0. The third-order valence-electron chi connectivity index (χ3n) is 6.43. The molecule has 2 amide bonds. The van der Waals surface area contributed by atoms with Gasteiger partial charge in [-0.1, -0.05) is 29.8 Å². The summed E-state index contributed by atoms with van der Waals surface area (Å²) >= 11 is 0. The van der Waals surface area contributed by atoms with Gasteiger partial charge in [0.2, 0.25) is 5.91 Å². The molecule has 0 bridgehead atoms. The van der Waals surface area contributed by atoms with E-state index >= 15 is 0 Å². The van der Waals surface area contributed by atoms with Crippen LogP contribution in [0.2, 0.25) is 0 Å². The van der Waals surface area contributed by atoms with E-state index in [1.165, 1.54) is 36.5 Å². The number of carbonyl (C=O) groups is 2. The zero-order valence-corrected chi connectivity index (χ0v) is 17.7. The number of rotatable bonds is 6. The van der Waals surface area contributed by atoms with Gasteiger partial charge in [0.05, 0.1) is 17.9 Å². The second kappa shape index (κ2) is 9.47. The van der Waals surface area contributed by atoms with Crippen LogP contribution in [0.25, 0.3) is 0 Å². The van der Waals surface area contributed by atoms with Gasteiger partial charge in [-0.25, -0.2) is 0 Å². The van der Waals surface area contributed by atoms with E-state index in [2.05, 4.69) is 41.4 Å². The molecule has 30 heavy (non-hydrogen) atoms.